The number of halogens is 2. The van der Waals surface area contributed by atoms with Crippen molar-refractivity contribution in [2.45, 2.75) is 19.5 Å². The molecule has 1 aliphatic rings. The largest absolute Gasteiger partial charge is 0.456 e. The highest BCUT2D eigenvalue weighted by molar-refractivity contribution is 7.91. The van der Waals surface area contributed by atoms with Crippen LogP contribution in [0, 0.1) is 5.92 Å². The number of amides is 1. The first-order valence-electron chi connectivity index (χ1n) is 7.44. The van der Waals surface area contributed by atoms with Crippen LogP contribution in [-0.4, -0.2) is 45.0 Å². The number of esters is 1. The number of carbonyl (C=O) groups excluding carboxylic acids is 2. The maximum Gasteiger partial charge on any atom is 0.387 e. The van der Waals surface area contributed by atoms with Crippen molar-refractivity contribution in [1.82, 2.24) is 0 Å². The normalized spacial score (nSPS) is 18.8. The molecule has 0 radical (unpaired) electrons. The number of sulfone groups is 1. The summed E-state index contributed by atoms with van der Waals surface area (Å²) in [4.78, 5) is 23.3. The maximum atomic E-state index is 12.0. The maximum absolute atomic E-state index is 12.0. The molecular formula is C15H17F2NO6S. The minimum absolute atomic E-state index is 0.0403. The molecule has 0 saturated carbocycles. The highest BCUT2D eigenvalue weighted by Gasteiger charge is 2.29. The molecule has 1 saturated heterocycles. The molecule has 10 heteroatoms. The van der Waals surface area contributed by atoms with E-state index in [0.29, 0.717) is 12.1 Å². The van der Waals surface area contributed by atoms with Gasteiger partial charge < -0.3 is 14.8 Å². The number of alkyl halides is 2. The Morgan fingerprint density at radius 3 is 2.48 bits per heavy atom. The second kappa shape index (κ2) is 8.24. The van der Waals surface area contributed by atoms with Crippen molar-refractivity contribution in [2.24, 2.45) is 5.92 Å². The topological polar surface area (TPSA) is 98.8 Å². The van der Waals surface area contributed by atoms with Gasteiger partial charge in [0.15, 0.2) is 16.4 Å². The summed E-state index contributed by atoms with van der Waals surface area (Å²) in [5, 5.41) is 2.43. The highest BCUT2D eigenvalue weighted by atomic mass is 32.2. The molecule has 7 nitrogen and oxygen atoms in total. The van der Waals surface area contributed by atoms with Crippen molar-refractivity contribution in [1.29, 1.82) is 0 Å². The lowest BCUT2D eigenvalue weighted by Crippen LogP contribution is -2.22. The van der Waals surface area contributed by atoms with Gasteiger partial charge in [-0.1, -0.05) is 0 Å². The Kier molecular flexibility index (Phi) is 6.29. The highest BCUT2D eigenvalue weighted by Crippen LogP contribution is 2.22. The van der Waals surface area contributed by atoms with Crippen LogP contribution in [0.2, 0.25) is 0 Å². The molecule has 1 heterocycles. The summed E-state index contributed by atoms with van der Waals surface area (Å²) >= 11 is 0. The van der Waals surface area contributed by atoms with Gasteiger partial charge in [0.05, 0.1) is 11.5 Å². The number of hydrogen-bond acceptors (Lipinski definition) is 6. The number of nitrogens with one attached hydrogen (secondary N) is 1. The van der Waals surface area contributed by atoms with Crippen molar-refractivity contribution >= 4 is 27.4 Å². The van der Waals surface area contributed by atoms with Crippen molar-refractivity contribution in [3.8, 4) is 5.75 Å². The molecular weight excluding hydrogens is 360 g/mol. The van der Waals surface area contributed by atoms with Gasteiger partial charge in [-0.3, -0.25) is 9.59 Å². The van der Waals surface area contributed by atoms with Crippen LogP contribution in [0.3, 0.4) is 0 Å². The standard InChI is InChI=1S/C15H17F2NO6S/c16-15(17)24-12-3-1-11(2-4-12)18-13(19)8-23-14(20)7-10-5-6-25(21,22)9-10/h1-4,10,15H,5-9H2,(H,18,19)/t10-/m0/s1. The molecule has 0 bridgehead atoms. The monoisotopic (exact) mass is 377 g/mol. The summed E-state index contributed by atoms with van der Waals surface area (Å²) in [6.45, 7) is -3.46. The van der Waals surface area contributed by atoms with Crippen LogP contribution < -0.4 is 10.1 Å². The molecule has 0 unspecified atom stereocenters. The van der Waals surface area contributed by atoms with Gasteiger partial charge in [0, 0.05) is 12.1 Å². The van der Waals surface area contributed by atoms with Gasteiger partial charge in [-0.25, -0.2) is 8.42 Å². The van der Waals surface area contributed by atoms with E-state index in [1.54, 1.807) is 0 Å². The Hall–Kier alpha value is -2.23. The van der Waals surface area contributed by atoms with Crippen LogP contribution in [0.5, 0.6) is 5.75 Å². The van der Waals surface area contributed by atoms with Crippen LogP contribution in [0.1, 0.15) is 12.8 Å². The zero-order valence-corrected chi connectivity index (χ0v) is 13.9. The fourth-order valence-corrected chi connectivity index (χ4v) is 4.25. The summed E-state index contributed by atoms with van der Waals surface area (Å²) in [5.74, 6) is -1.54. The Balaban J connectivity index is 1.72. The molecule has 1 aromatic rings. The Morgan fingerprint density at radius 1 is 1.24 bits per heavy atom. The number of benzene rings is 1. The van der Waals surface area contributed by atoms with Gasteiger partial charge in [-0.05, 0) is 36.6 Å². The summed E-state index contributed by atoms with van der Waals surface area (Å²) < 4.78 is 55.6. The molecule has 25 heavy (non-hydrogen) atoms. The molecule has 0 aliphatic carbocycles. The number of hydrogen-bond donors (Lipinski definition) is 1. The smallest absolute Gasteiger partial charge is 0.387 e. The number of rotatable bonds is 7. The second-order valence-electron chi connectivity index (χ2n) is 5.58. The van der Waals surface area contributed by atoms with E-state index in [1.165, 1.54) is 24.3 Å². The third-order valence-electron chi connectivity index (χ3n) is 3.51. The van der Waals surface area contributed by atoms with Crippen LogP contribution in [0.15, 0.2) is 24.3 Å². The van der Waals surface area contributed by atoms with Crippen molar-refractivity contribution in [3.05, 3.63) is 24.3 Å². The first kappa shape index (κ1) is 19.1. The molecule has 1 amide bonds. The van der Waals surface area contributed by atoms with Gasteiger partial charge in [0.25, 0.3) is 5.91 Å². The van der Waals surface area contributed by atoms with Crippen molar-refractivity contribution in [3.63, 3.8) is 0 Å². The minimum Gasteiger partial charge on any atom is -0.456 e. The van der Waals surface area contributed by atoms with Crippen LogP contribution in [0.25, 0.3) is 0 Å². The Bertz CT molecular complexity index is 720. The molecule has 1 aliphatic heterocycles. The molecule has 1 N–H and O–H groups in total. The minimum atomic E-state index is -3.07. The van der Waals surface area contributed by atoms with Crippen LogP contribution in [0.4, 0.5) is 14.5 Å². The molecule has 138 valence electrons. The molecule has 0 aromatic heterocycles. The van der Waals surface area contributed by atoms with Crippen LogP contribution in [-0.2, 0) is 24.2 Å². The molecule has 1 atom stereocenters. The quantitative estimate of drug-likeness (QED) is 0.725. The van der Waals surface area contributed by atoms with Gasteiger partial charge in [0.1, 0.15) is 5.75 Å². The lowest BCUT2D eigenvalue weighted by atomic mass is 10.1. The first-order valence-corrected chi connectivity index (χ1v) is 9.26. The average molecular weight is 377 g/mol. The number of anilines is 1. The molecule has 1 fully saturated rings. The number of carbonyl (C=O) groups is 2. The lowest BCUT2D eigenvalue weighted by Gasteiger charge is -2.09. The third-order valence-corrected chi connectivity index (χ3v) is 5.35. The van der Waals surface area contributed by atoms with Gasteiger partial charge in [-0.15, -0.1) is 0 Å². The zero-order valence-electron chi connectivity index (χ0n) is 13.1. The Labute approximate surface area is 143 Å². The average Bonchev–Trinajstić information content (AvgIpc) is 2.85. The van der Waals surface area contributed by atoms with Gasteiger partial charge in [-0.2, -0.15) is 8.78 Å². The van der Waals surface area contributed by atoms with E-state index in [2.05, 4.69) is 10.1 Å². The van der Waals surface area contributed by atoms with Crippen molar-refractivity contribution in [2.75, 3.05) is 23.4 Å². The summed E-state index contributed by atoms with van der Waals surface area (Å²) in [6.07, 6.45) is 0.364. The van der Waals surface area contributed by atoms with E-state index in [0.717, 1.165) is 0 Å². The van der Waals surface area contributed by atoms with Gasteiger partial charge in [0.2, 0.25) is 0 Å². The summed E-state index contributed by atoms with van der Waals surface area (Å²) in [7, 11) is -3.07. The van der Waals surface area contributed by atoms with Gasteiger partial charge >= 0.3 is 12.6 Å². The van der Waals surface area contributed by atoms with Crippen LogP contribution >= 0.6 is 0 Å². The van der Waals surface area contributed by atoms with E-state index in [-0.39, 0.29) is 29.6 Å². The summed E-state index contributed by atoms with van der Waals surface area (Å²) in [6, 6.07) is 5.24. The second-order valence-corrected chi connectivity index (χ2v) is 7.81. The van der Waals surface area contributed by atoms with E-state index < -0.39 is 34.9 Å². The van der Waals surface area contributed by atoms with E-state index >= 15 is 0 Å². The zero-order chi connectivity index (χ0) is 18.4. The SMILES string of the molecule is O=C(COC(=O)C[C@@H]1CCS(=O)(=O)C1)Nc1ccc(OC(F)F)cc1. The van der Waals surface area contributed by atoms with E-state index in [1.807, 2.05) is 0 Å². The fourth-order valence-electron chi connectivity index (χ4n) is 2.39. The third kappa shape index (κ3) is 6.65. The Morgan fingerprint density at radius 2 is 1.92 bits per heavy atom. The van der Waals surface area contributed by atoms with E-state index in [4.69, 9.17) is 4.74 Å². The lowest BCUT2D eigenvalue weighted by molar-refractivity contribution is -0.148. The first-order chi connectivity index (χ1) is 11.7. The predicted octanol–water partition coefficient (Wildman–Crippen LogP) is 1.59. The van der Waals surface area contributed by atoms with E-state index in [9.17, 15) is 26.8 Å². The molecule has 2 rings (SSSR count). The molecule has 1 aromatic carbocycles. The fraction of sp³-hybridized carbons (Fsp3) is 0.467. The number of ether oxygens (including phenoxy) is 2. The van der Waals surface area contributed by atoms with Crippen molar-refractivity contribution < 1.29 is 36.3 Å². The summed E-state index contributed by atoms with van der Waals surface area (Å²) in [5.41, 5.74) is 0.324. The predicted molar refractivity (Wildman–Crippen MR) is 84.0 cm³/mol. The molecule has 0 spiro atoms.